The first kappa shape index (κ1) is 17.7. The maximum atomic E-state index is 4.36. The van der Waals surface area contributed by atoms with Crippen LogP contribution in [0.3, 0.4) is 0 Å². The Labute approximate surface area is 169 Å². The van der Waals surface area contributed by atoms with Crippen molar-refractivity contribution in [3.05, 3.63) is 36.8 Å². The Morgan fingerprint density at radius 2 is 1.33 bits per heavy atom. The van der Waals surface area contributed by atoms with Crippen LogP contribution in [-0.4, -0.2) is 24.2 Å². The van der Waals surface area contributed by atoms with E-state index >= 15 is 0 Å². The van der Waals surface area contributed by atoms with Crippen LogP contribution in [0.1, 0.15) is 59.8 Å². The lowest BCUT2D eigenvalue weighted by molar-refractivity contribution is 0.519. The fraction of sp³-hybridized carbons (Fsp3) is 0.750. The van der Waals surface area contributed by atoms with Crippen LogP contribution in [0.5, 0.6) is 0 Å². The lowest BCUT2D eigenvalue weighted by Gasteiger charge is -2.22. The van der Waals surface area contributed by atoms with Gasteiger partial charge < -0.3 is 0 Å². The van der Waals surface area contributed by atoms with Crippen LogP contribution >= 0.6 is 0 Å². The molecule has 0 N–H and O–H groups in total. The molecule has 27 heavy (non-hydrogen) atoms. The standard InChI is InChI=1S/C24H38Si3/c1-8-25-16-22(25,5)18(25)14-15-21-24(7)20(27(21,24)10-3)13-11-12-19-23(6)17(4)26(19,23)9-2/h8-10,17-21H,1-3,11-16H2,4-7H3. The fourth-order valence-electron chi connectivity index (χ4n) is 10.3. The van der Waals surface area contributed by atoms with Crippen LogP contribution in [0.2, 0.25) is 48.9 Å². The highest BCUT2D eigenvalue weighted by molar-refractivity contribution is 7.12. The summed E-state index contributed by atoms with van der Waals surface area (Å²) in [5.41, 5.74) is 12.9. The van der Waals surface area contributed by atoms with Gasteiger partial charge in [0.2, 0.25) is 0 Å². The molecule has 0 aromatic rings. The molecular formula is C24H38Si3. The van der Waals surface area contributed by atoms with Crippen LogP contribution in [0.15, 0.2) is 36.8 Å². The van der Waals surface area contributed by atoms with Crippen molar-refractivity contribution >= 4 is 24.2 Å². The SMILES string of the molecule is C=C[Si]12CC1(C)C2CCC1C2(C)C(CCCC3C4(C)C(C)[Si]34C=C)[Si]12C=C. The Morgan fingerprint density at radius 1 is 0.778 bits per heavy atom. The van der Waals surface area contributed by atoms with Gasteiger partial charge in [0.05, 0.1) is 24.2 Å². The molecule has 6 aliphatic heterocycles. The third-order valence-electron chi connectivity index (χ3n) is 12.7. The van der Waals surface area contributed by atoms with Crippen LogP contribution in [0.4, 0.5) is 0 Å². The molecule has 0 aliphatic carbocycles. The minimum atomic E-state index is -1.07. The van der Waals surface area contributed by atoms with E-state index in [9.17, 15) is 0 Å². The van der Waals surface area contributed by atoms with Crippen LogP contribution in [0, 0.1) is 0 Å². The van der Waals surface area contributed by atoms with Gasteiger partial charge in [-0.1, -0.05) is 59.8 Å². The molecule has 0 bridgehead atoms. The first-order chi connectivity index (χ1) is 12.7. The highest BCUT2D eigenvalue weighted by Gasteiger charge is 2.95. The van der Waals surface area contributed by atoms with E-state index in [0.717, 1.165) is 42.8 Å². The zero-order chi connectivity index (χ0) is 19.3. The maximum Gasteiger partial charge on any atom is 0.0896 e. The van der Waals surface area contributed by atoms with Gasteiger partial charge >= 0.3 is 0 Å². The molecule has 0 amide bonds. The van der Waals surface area contributed by atoms with Crippen LogP contribution < -0.4 is 0 Å². The molecule has 0 radical (unpaired) electrons. The van der Waals surface area contributed by atoms with Gasteiger partial charge in [-0.25, -0.2) is 0 Å². The Bertz CT molecular complexity index is 805. The molecule has 6 saturated heterocycles. The van der Waals surface area contributed by atoms with Gasteiger partial charge in [0.15, 0.2) is 0 Å². The summed E-state index contributed by atoms with van der Waals surface area (Å²) in [4.78, 5) is 0. The lowest BCUT2D eigenvalue weighted by Crippen LogP contribution is -2.12. The third kappa shape index (κ3) is 1.45. The number of fused-ring (bicyclic) bond motifs is 3. The molecule has 0 nitrogen and oxygen atoms in total. The summed E-state index contributed by atoms with van der Waals surface area (Å²) in [5, 5.41) is 2.35. The predicted molar refractivity (Wildman–Crippen MR) is 125 cm³/mol. The van der Waals surface area contributed by atoms with E-state index < -0.39 is 24.2 Å². The normalized spacial score (nSPS) is 67.3. The Balaban J connectivity index is 1.00. The number of rotatable bonds is 10. The molecule has 0 aromatic carbocycles. The molecule has 6 rings (SSSR count). The molecule has 146 valence electrons. The molecular weight excluding hydrogens is 373 g/mol. The van der Waals surface area contributed by atoms with Crippen molar-refractivity contribution in [1.29, 1.82) is 0 Å². The molecule has 0 saturated carbocycles. The van der Waals surface area contributed by atoms with Gasteiger partial charge in [-0.2, -0.15) is 0 Å². The van der Waals surface area contributed by atoms with Crippen LogP contribution in [0.25, 0.3) is 0 Å². The van der Waals surface area contributed by atoms with Crippen molar-refractivity contribution in [2.75, 3.05) is 0 Å². The monoisotopic (exact) mass is 410 g/mol. The summed E-state index contributed by atoms with van der Waals surface area (Å²) in [6.45, 7) is 23.1. The molecule has 0 aromatic heterocycles. The first-order valence-electron chi connectivity index (χ1n) is 11.6. The van der Waals surface area contributed by atoms with Gasteiger partial charge in [-0.05, 0) is 48.9 Å². The van der Waals surface area contributed by atoms with Crippen molar-refractivity contribution in [2.45, 2.75) is 109 Å². The highest BCUT2D eigenvalue weighted by Crippen LogP contribution is 3.02. The van der Waals surface area contributed by atoms with Crippen molar-refractivity contribution in [2.24, 2.45) is 0 Å². The summed E-state index contributed by atoms with van der Waals surface area (Å²) < 4.78 is 0. The van der Waals surface area contributed by atoms with Crippen molar-refractivity contribution in [3.8, 4) is 0 Å². The van der Waals surface area contributed by atoms with Gasteiger partial charge in [-0.15, -0.1) is 36.8 Å². The van der Waals surface area contributed by atoms with E-state index in [4.69, 9.17) is 0 Å². The second kappa shape index (κ2) is 4.46. The molecule has 0 spiro atoms. The molecule has 6 heterocycles. The maximum absolute atomic E-state index is 4.36. The van der Waals surface area contributed by atoms with E-state index in [1.165, 1.54) is 25.7 Å². The number of hydrogen-bond donors (Lipinski definition) is 0. The fourth-order valence-corrected chi connectivity index (χ4v) is 31.0. The van der Waals surface area contributed by atoms with Crippen LogP contribution in [-0.2, 0) is 0 Å². The average molecular weight is 411 g/mol. The largest absolute Gasteiger partial charge is 0.107 e. The summed E-state index contributed by atoms with van der Waals surface area (Å²) in [5.74, 6) is 0. The molecule has 11 unspecified atom stereocenters. The smallest absolute Gasteiger partial charge is 0.0896 e. The number of hydrogen-bond acceptors (Lipinski definition) is 0. The summed E-state index contributed by atoms with van der Waals surface area (Å²) in [6.07, 6.45) is 7.62. The Hall–Kier alpha value is -0.129. The molecule has 6 aliphatic rings. The third-order valence-corrected chi connectivity index (χ3v) is 32.3. The zero-order valence-electron chi connectivity index (χ0n) is 18.0. The zero-order valence-corrected chi connectivity index (χ0v) is 21.0. The molecule has 6 fully saturated rings. The van der Waals surface area contributed by atoms with Gasteiger partial charge in [-0.3, -0.25) is 0 Å². The minimum Gasteiger partial charge on any atom is -0.107 e. The van der Waals surface area contributed by atoms with E-state index in [0.29, 0.717) is 0 Å². The van der Waals surface area contributed by atoms with Gasteiger partial charge in [0, 0.05) is 0 Å². The second-order valence-electron chi connectivity index (χ2n) is 12.1. The molecule has 11 atom stereocenters. The van der Waals surface area contributed by atoms with E-state index in [1.807, 2.05) is 0 Å². The summed E-state index contributed by atoms with van der Waals surface area (Å²) >= 11 is 0. The Kier molecular flexibility index (Phi) is 2.93. The Morgan fingerprint density at radius 3 is 1.74 bits per heavy atom. The summed E-state index contributed by atoms with van der Waals surface area (Å²) in [7, 11) is -2.94. The predicted octanol–water partition coefficient (Wildman–Crippen LogP) is 7.69. The topological polar surface area (TPSA) is 0 Å². The van der Waals surface area contributed by atoms with Crippen molar-refractivity contribution in [3.63, 3.8) is 0 Å². The highest BCUT2D eigenvalue weighted by atomic mass is 28.4. The van der Waals surface area contributed by atoms with E-state index in [2.05, 4.69) is 64.5 Å². The first-order valence-corrected chi connectivity index (χ1v) is 18.5. The van der Waals surface area contributed by atoms with E-state index in [-0.39, 0.29) is 0 Å². The summed E-state index contributed by atoms with van der Waals surface area (Å²) in [6, 6.07) is 1.57. The van der Waals surface area contributed by atoms with Crippen molar-refractivity contribution < 1.29 is 0 Å². The van der Waals surface area contributed by atoms with E-state index in [1.54, 1.807) is 12.5 Å². The quantitative estimate of drug-likeness (QED) is 0.324. The van der Waals surface area contributed by atoms with Gasteiger partial charge in [0.25, 0.3) is 0 Å². The van der Waals surface area contributed by atoms with Gasteiger partial charge in [0.1, 0.15) is 0 Å². The molecule has 3 heteroatoms. The van der Waals surface area contributed by atoms with Crippen molar-refractivity contribution in [1.82, 2.24) is 0 Å². The lowest BCUT2D eigenvalue weighted by atomic mass is 9.93. The second-order valence-corrected chi connectivity index (χ2v) is 26.5. The average Bonchev–Trinajstić information content (AvgIpc) is 3.60. The minimum absolute atomic E-state index is 0.771.